The zero-order chi connectivity index (χ0) is 39.1. The van der Waals surface area contributed by atoms with E-state index < -0.39 is 0 Å². The summed E-state index contributed by atoms with van der Waals surface area (Å²) < 4.78 is 14.9. The van der Waals surface area contributed by atoms with E-state index in [0.717, 1.165) is 88.8 Å². The van der Waals surface area contributed by atoms with Gasteiger partial charge in [-0.15, -0.1) is 54.1 Å². The Morgan fingerprint density at radius 3 is 2.00 bits per heavy atom. The van der Waals surface area contributed by atoms with Gasteiger partial charge >= 0.3 is 0 Å². The van der Waals surface area contributed by atoms with Crippen molar-refractivity contribution in [2.45, 2.75) is 0 Å². The maximum Gasteiger partial charge on any atom is 0.136 e. The number of nitrogens with zero attached hydrogens (tertiary/aromatic N) is 3. The molecular formula is C54H33IrN3O2-2. The number of imidazole rings is 1. The molecule has 6 heteroatoms. The first-order chi connectivity index (χ1) is 29.2. The van der Waals surface area contributed by atoms with E-state index >= 15 is 0 Å². The number of furan rings is 2. The second-order valence-corrected chi connectivity index (χ2v) is 14.4. The van der Waals surface area contributed by atoms with Crippen molar-refractivity contribution in [3.8, 4) is 50.6 Å². The second kappa shape index (κ2) is 15.8. The first-order valence-electron chi connectivity index (χ1n) is 19.6. The number of pyridine rings is 1. The number of hydrogen-bond donors (Lipinski definition) is 0. The van der Waals surface area contributed by atoms with Crippen LogP contribution in [0.3, 0.4) is 0 Å². The van der Waals surface area contributed by atoms with Crippen LogP contribution >= 0.6 is 0 Å². The number of aromatic nitrogens is 3. The largest absolute Gasteiger partial charge is 0.501 e. The van der Waals surface area contributed by atoms with Gasteiger partial charge < -0.3 is 18.4 Å². The van der Waals surface area contributed by atoms with Crippen LogP contribution < -0.4 is 0 Å². The minimum absolute atomic E-state index is 0. The fourth-order valence-corrected chi connectivity index (χ4v) is 7.97. The summed E-state index contributed by atoms with van der Waals surface area (Å²) in [5.41, 5.74) is 13.8. The van der Waals surface area contributed by atoms with Crippen molar-refractivity contribution in [1.29, 1.82) is 0 Å². The van der Waals surface area contributed by atoms with Crippen LogP contribution in [0, 0.1) is 12.1 Å². The van der Waals surface area contributed by atoms with Gasteiger partial charge in [0.2, 0.25) is 0 Å². The summed E-state index contributed by atoms with van der Waals surface area (Å²) in [4.78, 5) is 9.51. The van der Waals surface area contributed by atoms with Gasteiger partial charge in [-0.1, -0.05) is 114 Å². The molecule has 12 rings (SSSR count). The molecule has 0 bridgehead atoms. The van der Waals surface area contributed by atoms with Crippen molar-refractivity contribution in [1.82, 2.24) is 14.5 Å². The third kappa shape index (κ3) is 6.68. The van der Waals surface area contributed by atoms with E-state index in [1.54, 1.807) is 0 Å². The Morgan fingerprint density at radius 1 is 0.467 bits per heavy atom. The number of rotatable bonds is 5. The molecule has 287 valence electrons. The van der Waals surface area contributed by atoms with Gasteiger partial charge in [0.15, 0.2) is 0 Å². The molecular weight excluding hydrogens is 915 g/mol. The van der Waals surface area contributed by atoms with Crippen molar-refractivity contribution in [2.75, 3.05) is 0 Å². The van der Waals surface area contributed by atoms with E-state index in [0.29, 0.717) is 0 Å². The van der Waals surface area contributed by atoms with Crippen molar-refractivity contribution < 1.29 is 28.9 Å². The standard InChI is InChI=1S/C37H21N2O2.C17H12N.Ir/c1-2-9-23(10-3-1)24-17-19-27-30-22-25(18-20-34(30)40-35(27)21-24)39-32-15-6-5-14-31(32)38-37(39)29-13-8-12-28-26-11-4-7-16-33(26)41-36(28)29;1-3-7-14(8-4-1)16-11-12-18-17(13-16)15-9-5-2-6-10-15;/h1-12,14-22H;1-9,11-13H;/q2*-1;. The van der Waals surface area contributed by atoms with Gasteiger partial charge in [0, 0.05) is 48.1 Å². The minimum Gasteiger partial charge on any atom is -0.501 e. The summed E-state index contributed by atoms with van der Waals surface area (Å²) in [5, 5.41) is 4.28. The van der Waals surface area contributed by atoms with E-state index in [4.69, 9.17) is 13.8 Å². The molecule has 5 nitrogen and oxygen atoms in total. The van der Waals surface area contributed by atoms with Crippen molar-refractivity contribution >= 4 is 54.9 Å². The molecule has 0 aliphatic rings. The van der Waals surface area contributed by atoms with E-state index in [2.05, 4.69) is 119 Å². The Morgan fingerprint density at radius 2 is 1.18 bits per heavy atom. The van der Waals surface area contributed by atoms with Gasteiger partial charge in [-0.25, -0.2) is 0 Å². The third-order valence-corrected chi connectivity index (χ3v) is 10.8. The van der Waals surface area contributed by atoms with Gasteiger partial charge in [-0.05, 0) is 82.5 Å². The predicted molar refractivity (Wildman–Crippen MR) is 239 cm³/mol. The van der Waals surface area contributed by atoms with Crippen LogP contribution in [0.1, 0.15) is 0 Å². The molecule has 1 radical (unpaired) electrons. The average molecular weight is 948 g/mol. The molecule has 0 N–H and O–H groups in total. The van der Waals surface area contributed by atoms with Crippen molar-refractivity contribution in [2.24, 2.45) is 0 Å². The van der Waals surface area contributed by atoms with Gasteiger partial charge in [0.25, 0.3) is 0 Å². The van der Waals surface area contributed by atoms with E-state index in [1.807, 2.05) is 103 Å². The van der Waals surface area contributed by atoms with E-state index in [-0.39, 0.29) is 20.1 Å². The summed E-state index contributed by atoms with van der Waals surface area (Å²) in [6.45, 7) is 0. The summed E-state index contributed by atoms with van der Waals surface area (Å²) >= 11 is 0. The van der Waals surface area contributed by atoms with Crippen LogP contribution in [0.5, 0.6) is 0 Å². The molecule has 0 aliphatic heterocycles. The number of fused-ring (bicyclic) bond motifs is 7. The monoisotopic (exact) mass is 948 g/mol. The summed E-state index contributed by atoms with van der Waals surface area (Å²) in [6.07, 6.45) is 1.85. The van der Waals surface area contributed by atoms with Gasteiger partial charge in [0.1, 0.15) is 16.7 Å². The third-order valence-electron chi connectivity index (χ3n) is 10.8. The number of para-hydroxylation sites is 3. The van der Waals surface area contributed by atoms with Crippen molar-refractivity contribution in [3.63, 3.8) is 0 Å². The zero-order valence-corrected chi connectivity index (χ0v) is 34.4. The first-order valence-corrected chi connectivity index (χ1v) is 19.6. The Balaban J connectivity index is 0.000000192. The quantitative estimate of drug-likeness (QED) is 0.161. The average Bonchev–Trinajstić information content (AvgIpc) is 4.01. The van der Waals surface area contributed by atoms with Gasteiger partial charge in [-0.3, -0.25) is 4.98 Å². The smallest absolute Gasteiger partial charge is 0.136 e. The molecule has 0 spiro atoms. The maximum absolute atomic E-state index is 6.39. The Bertz CT molecular complexity index is 3390. The molecule has 60 heavy (non-hydrogen) atoms. The Hall–Kier alpha value is -7.37. The Kier molecular flexibility index (Phi) is 9.70. The second-order valence-electron chi connectivity index (χ2n) is 14.4. The fraction of sp³-hybridized carbons (Fsp3) is 0. The van der Waals surface area contributed by atoms with Crippen LogP contribution in [-0.2, 0) is 20.1 Å². The van der Waals surface area contributed by atoms with Crippen LogP contribution in [0.25, 0.3) is 105 Å². The topological polar surface area (TPSA) is 57.0 Å². The predicted octanol–water partition coefficient (Wildman–Crippen LogP) is 14.2. The zero-order valence-electron chi connectivity index (χ0n) is 32.0. The summed E-state index contributed by atoms with van der Waals surface area (Å²) in [5.74, 6) is 0.786. The molecule has 8 aromatic carbocycles. The molecule has 4 aromatic heterocycles. The van der Waals surface area contributed by atoms with Crippen LogP contribution in [0.2, 0.25) is 0 Å². The first kappa shape index (κ1) is 36.9. The molecule has 4 heterocycles. The number of hydrogen-bond acceptors (Lipinski definition) is 4. The number of benzene rings is 8. The molecule has 0 unspecified atom stereocenters. The molecule has 0 saturated carbocycles. The maximum atomic E-state index is 6.39. The summed E-state index contributed by atoms with van der Waals surface area (Å²) in [6, 6.07) is 72.5. The van der Waals surface area contributed by atoms with Gasteiger partial charge in [0.05, 0.1) is 22.4 Å². The molecule has 0 atom stereocenters. The molecule has 0 fully saturated rings. The van der Waals surface area contributed by atoms with Crippen LogP contribution in [-0.4, -0.2) is 14.5 Å². The Labute approximate surface area is 359 Å². The molecule has 0 saturated heterocycles. The summed E-state index contributed by atoms with van der Waals surface area (Å²) in [7, 11) is 0. The fourth-order valence-electron chi connectivity index (χ4n) is 7.97. The van der Waals surface area contributed by atoms with E-state index in [9.17, 15) is 0 Å². The van der Waals surface area contributed by atoms with Crippen LogP contribution in [0.4, 0.5) is 0 Å². The molecule has 12 aromatic rings. The van der Waals surface area contributed by atoms with Gasteiger partial charge in [-0.2, -0.15) is 0 Å². The SMILES string of the molecule is [Ir].[c-]1ccc2c(oc3ccccc32)c1-c1nc2ccccc2n1-c1ccc2oc3cc(-c4ccccc4)ccc3c2c1.[c-]1ccccc1-c1cc(-c2ccccc2)ccn1. The van der Waals surface area contributed by atoms with Crippen LogP contribution in [0.15, 0.2) is 209 Å². The van der Waals surface area contributed by atoms with E-state index in [1.165, 1.54) is 16.7 Å². The molecule has 0 amide bonds. The molecule has 0 aliphatic carbocycles. The normalized spacial score (nSPS) is 11.2. The minimum atomic E-state index is 0. The van der Waals surface area contributed by atoms with Crippen molar-refractivity contribution in [3.05, 3.63) is 212 Å².